The highest BCUT2D eigenvalue weighted by atomic mass is 32.2. The fraction of sp³-hybridized carbons (Fsp3) is 0.250. The van der Waals surface area contributed by atoms with E-state index in [4.69, 9.17) is 9.88 Å². The third kappa shape index (κ3) is 3.88. The molecule has 2 rings (SSSR count). The van der Waals surface area contributed by atoms with Crippen molar-refractivity contribution >= 4 is 10.0 Å². The van der Waals surface area contributed by atoms with Crippen LogP contribution in [-0.4, -0.2) is 15.0 Å². The molecule has 0 fully saturated rings. The van der Waals surface area contributed by atoms with E-state index in [9.17, 15) is 21.6 Å². The maximum Gasteiger partial charge on any atom is 0.416 e. The quantitative estimate of drug-likeness (QED) is 0.904. The Morgan fingerprint density at radius 3 is 2.21 bits per heavy atom. The molecule has 2 aromatic carbocycles. The van der Waals surface area contributed by atoms with Crippen LogP contribution in [0.5, 0.6) is 5.75 Å². The predicted molar refractivity (Wildman–Crippen MR) is 84.2 cm³/mol. The number of hydrogen-bond donors (Lipinski definition) is 1. The third-order valence-electron chi connectivity index (χ3n) is 3.43. The van der Waals surface area contributed by atoms with Gasteiger partial charge in [0, 0.05) is 0 Å². The highest BCUT2D eigenvalue weighted by Crippen LogP contribution is 2.36. The highest BCUT2D eigenvalue weighted by molar-refractivity contribution is 7.89. The molecule has 0 aliphatic heterocycles. The molecular formula is C16H16F3NO3S. The Kier molecular flexibility index (Phi) is 4.91. The fourth-order valence-corrected chi connectivity index (χ4v) is 2.99. The Bertz CT molecular complexity index is 861. The van der Waals surface area contributed by atoms with Crippen molar-refractivity contribution in [2.75, 3.05) is 6.61 Å². The summed E-state index contributed by atoms with van der Waals surface area (Å²) >= 11 is 0. The maximum atomic E-state index is 13.0. The first-order valence-corrected chi connectivity index (χ1v) is 8.56. The smallest absolute Gasteiger partial charge is 0.416 e. The minimum Gasteiger partial charge on any atom is -0.492 e. The van der Waals surface area contributed by atoms with Crippen molar-refractivity contribution in [1.82, 2.24) is 0 Å². The van der Waals surface area contributed by atoms with Gasteiger partial charge in [-0.1, -0.05) is 18.2 Å². The van der Waals surface area contributed by atoms with Gasteiger partial charge in [-0.15, -0.1) is 0 Å². The first-order valence-electron chi connectivity index (χ1n) is 7.02. The van der Waals surface area contributed by atoms with Gasteiger partial charge in [0.25, 0.3) is 0 Å². The lowest BCUT2D eigenvalue weighted by Gasteiger charge is -2.14. The third-order valence-corrected chi connectivity index (χ3v) is 4.36. The molecule has 0 heterocycles. The van der Waals surface area contributed by atoms with Crippen molar-refractivity contribution < 1.29 is 26.3 Å². The number of benzene rings is 2. The van der Waals surface area contributed by atoms with E-state index in [2.05, 4.69) is 0 Å². The molecular weight excluding hydrogens is 343 g/mol. The van der Waals surface area contributed by atoms with Crippen molar-refractivity contribution in [2.45, 2.75) is 24.9 Å². The molecule has 0 bridgehead atoms. The lowest BCUT2D eigenvalue weighted by atomic mass is 9.99. The standard InChI is InChI=1S/C16H16F3NO3S/c1-3-23-14-7-6-12(9-15(14)24(20,21)22)11-5-4-10(2)13(8-11)16(17,18)19/h4-9H,3H2,1-2H3,(H2,20,21,22). The molecule has 0 aliphatic carbocycles. The molecule has 2 N–H and O–H groups in total. The Balaban J connectivity index is 2.62. The normalized spacial score (nSPS) is 12.2. The summed E-state index contributed by atoms with van der Waals surface area (Å²) in [7, 11) is -4.08. The van der Waals surface area contributed by atoms with E-state index in [0.717, 1.165) is 6.07 Å². The van der Waals surface area contributed by atoms with Crippen LogP contribution in [0.4, 0.5) is 13.2 Å². The number of ether oxygens (including phenoxy) is 1. The topological polar surface area (TPSA) is 69.4 Å². The van der Waals surface area contributed by atoms with E-state index >= 15 is 0 Å². The van der Waals surface area contributed by atoms with E-state index in [0.29, 0.717) is 5.56 Å². The summed E-state index contributed by atoms with van der Waals surface area (Å²) in [6.45, 7) is 3.27. The number of alkyl halides is 3. The summed E-state index contributed by atoms with van der Waals surface area (Å²) in [4.78, 5) is -0.268. The zero-order valence-electron chi connectivity index (χ0n) is 13.0. The van der Waals surface area contributed by atoms with E-state index in [1.54, 1.807) is 6.92 Å². The summed E-state index contributed by atoms with van der Waals surface area (Å²) in [5.74, 6) is 0.0620. The molecule has 130 valence electrons. The SMILES string of the molecule is CCOc1ccc(-c2ccc(C)c(C(F)(F)F)c2)cc1S(N)(=O)=O. The molecule has 0 spiro atoms. The first kappa shape index (κ1) is 18.3. The number of nitrogens with two attached hydrogens (primary N) is 1. The number of hydrogen-bond acceptors (Lipinski definition) is 3. The largest absolute Gasteiger partial charge is 0.492 e. The zero-order chi connectivity index (χ0) is 18.1. The second-order valence-electron chi connectivity index (χ2n) is 5.17. The second-order valence-corrected chi connectivity index (χ2v) is 6.70. The van der Waals surface area contributed by atoms with E-state index in [1.165, 1.54) is 37.3 Å². The lowest BCUT2D eigenvalue weighted by Crippen LogP contribution is -2.14. The Morgan fingerprint density at radius 1 is 1.08 bits per heavy atom. The van der Waals surface area contributed by atoms with Crippen LogP contribution in [0.3, 0.4) is 0 Å². The van der Waals surface area contributed by atoms with E-state index in [-0.39, 0.29) is 28.4 Å². The lowest BCUT2D eigenvalue weighted by molar-refractivity contribution is -0.138. The van der Waals surface area contributed by atoms with Gasteiger partial charge in [0.1, 0.15) is 10.6 Å². The molecule has 0 saturated carbocycles. The molecule has 24 heavy (non-hydrogen) atoms. The van der Waals surface area contributed by atoms with Crippen LogP contribution in [-0.2, 0) is 16.2 Å². The molecule has 0 amide bonds. The minimum atomic E-state index is -4.49. The molecule has 0 radical (unpaired) electrons. The Hall–Kier alpha value is -2.06. The van der Waals surface area contributed by atoms with Crippen molar-refractivity contribution in [2.24, 2.45) is 5.14 Å². The van der Waals surface area contributed by atoms with Gasteiger partial charge in [0.15, 0.2) is 0 Å². The van der Waals surface area contributed by atoms with E-state index < -0.39 is 21.8 Å². The average molecular weight is 359 g/mol. The molecule has 0 aromatic heterocycles. The van der Waals surface area contributed by atoms with Gasteiger partial charge in [-0.25, -0.2) is 13.6 Å². The molecule has 0 saturated heterocycles. The van der Waals surface area contributed by atoms with Crippen LogP contribution in [0, 0.1) is 6.92 Å². The number of primary sulfonamides is 1. The summed E-state index contributed by atoms with van der Waals surface area (Å²) in [6, 6.07) is 7.90. The van der Waals surface area contributed by atoms with Gasteiger partial charge < -0.3 is 4.74 Å². The van der Waals surface area contributed by atoms with Crippen molar-refractivity contribution in [3.05, 3.63) is 47.5 Å². The van der Waals surface area contributed by atoms with Gasteiger partial charge in [0.05, 0.1) is 12.2 Å². The van der Waals surface area contributed by atoms with Gasteiger partial charge in [-0.2, -0.15) is 13.2 Å². The number of sulfonamides is 1. The molecule has 4 nitrogen and oxygen atoms in total. The molecule has 0 aliphatic rings. The van der Waals surface area contributed by atoms with Crippen LogP contribution in [0.25, 0.3) is 11.1 Å². The van der Waals surface area contributed by atoms with Crippen molar-refractivity contribution in [3.63, 3.8) is 0 Å². The van der Waals surface area contributed by atoms with Crippen LogP contribution in [0.15, 0.2) is 41.3 Å². The fourth-order valence-electron chi connectivity index (χ4n) is 2.29. The zero-order valence-corrected chi connectivity index (χ0v) is 13.8. The van der Waals surface area contributed by atoms with Crippen LogP contribution < -0.4 is 9.88 Å². The van der Waals surface area contributed by atoms with Gasteiger partial charge in [0.2, 0.25) is 10.0 Å². The Labute approximate surface area is 138 Å². The molecule has 0 atom stereocenters. The number of rotatable bonds is 4. The summed E-state index contributed by atoms with van der Waals surface area (Å²) in [5, 5.41) is 5.17. The highest BCUT2D eigenvalue weighted by Gasteiger charge is 2.32. The van der Waals surface area contributed by atoms with E-state index in [1.807, 2.05) is 0 Å². The number of aryl methyl sites for hydroxylation is 1. The second kappa shape index (κ2) is 6.45. The summed E-state index contributed by atoms with van der Waals surface area (Å²) in [6.07, 6.45) is -4.49. The molecule has 8 heteroatoms. The van der Waals surface area contributed by atoms with Crippen molar-refractivity contribution in [1.29, 1.82) is 0 Å². The molecule has 0 unspecified atom stereocenters. The van der Waals surface area contributed by atoms with Crippen LogP contribution >= 0.6 is 0 Å². The first-order chi connectivity index (χ1) is 11.0. The molecule has 2 aromatic rings. The Morgan fingerprint density at radius 2 is 1.67 bits per heavy atom. The van der Waals surface area contributed by atoms with Crippen LogP contribution in [0.1, 0.15) is 18.1 Å². The maximum absolute atomic E-state index is 13.0. The number of halogens is 3. The van der Waals surface area contributed by atoms with Crippen molar-refractivity contribution in [3.8, 4) is 16.9 Å². The monoisotopic (exact) mass is 359 g/mol. The van der Waals surface area contributed by atoms with Gasteiger partial charge in [-0.3, -0.25) is 0 Å². The van der Waals surface area contributed by atoms with Gasteiger partial charge >= 0.3 is 6.18 Å². The predicted octanol–water partition coefficient (Wildman–Crippen LogP) is 3.73. The minimum absolute atomic E-state index is 0.0620. The van der Waals surface area contributed by atoms with Crippen LogP contribution in [0.2, 0.25) is 0 Å². The van der Waals surface area contributed by atoms with Gasteiger partial charge in [-0.05, 0) is 48.7 Å². The average Bonchev–Trinajstić information content (AvgIpc) is 2.46. The summed E-state index contributed by atoms with van der Waals surface area (Å²) < 4.78 is 67.8. The summed E-state index contributed by atoms with van der Waals surface area (Å²) in [5.41, 5.74) is -0.149.